The summed E-state index contributed by atoms with van der Waals surface area (Å²) < 4.78 is 9.33. The highest BCUT2D eigenvalue weighted by Gasteiger charge is 2.00. The maximum absolute atomic E-state index is 9.14. The number of hydrogen-bond acceptors (Lipinski definition) is 2. The monoisotopic (exact) mass is 864 g/mol. The van der Waals surface area contributed by atoms with Gasteiger partial charge in [-0.2, -0.15) is 0 Å². The Morgan fingerprint density at radius 3 is 1.26 bits per heavy atom. The van der Waals surface area contributed by atoms with Crippen LogP contribution >= 0.6 is 54.5 Å². The lowest BCUT2D eigenvalue weighted by atomic mass is 10.1. The van der Waals surface area contributed by atoms with Crippen LogP contribution in [-0.2, 0) is 0 Å². The number of halogens is 3. The number of benzene rings is 4. The fourth-order valence-corrected chi connectivity index (χ4v) is 5.70. The first-order chi connectivity index (χ1) is 22.0. The van der Waals surface area contributed by atoms with E-state index in [9.17, 15) is 0 Å². The fraction of sp³-hybridized carbons (Fsp3) is 0.415. The van der Waals surface area contributed by atoms with E-state index in [0.29, 0.717) is 5.75 Å². The summed E-state index contributed by atoms with van der Waals surface area (Å²) in [7, 11) is 0. The lowest BCUT2D eigenvalue weighted by Gasteiger charge is -2.07. The molecule has 4 aromatic rings. The van der Waals surface area contributed by atoms with Gasteiger partial charge in [0.05, 0.1) is 6.61 Å². The second kappa shape index (κ2) is 27.2. The van der Waals surface area contributed by atoms with E-state index in [2.05, 4.69) is 117 Å². The van der Waals surface area contributed by atoms with Gasteiger partial charge in [-0.15, -0.1) is 0 Å². The van der Waals surface area contributed by atoms with Gasteiger partial charge in [-0.3, -0.25) is 0 Å². The van der Waals surface area contributed by atoms with E-state index in [0.717, 1.165) is 38.8 Å². The fourth-order valence-electron chi connectivity index (χ4n) is 4.63. The van der Waals surface area contributed by atoms with Crippen LogP contribution in [-0.4, -0.2) is 16.1 Å². The third-order valence-corrected chi connectivity index (χ3v) is 9.15. The number of rotatable bonds is 16. The first-order valence-corrected chi connectivity index (χ1v) is 19.7. The quantitative estimate of drug-likeness (QED) is 0.0691. The molecule has 252 valence electrons. The molecular formula is C41H55Br2IO2. The number of alkyl halides is 1. The maximum atomic E-state index is 9.14. The molecule has 0 fully saturated rings. The summed E-state index contributed by atoms with van der Waals surface area (Å²) in [6, 6.07) is 32.0. The van der Waals surface area contributed by atoms with Crippen molar-refractivity contribution in [1.29, 1.82) is 0 Å². The molecule has 0 unspecified atom stereocenters. The van der Waals surface area contributed by atoms with E-state index >= 15 is 0 Å². The third kappa shape index (κ3) is 19.1. The van der Waals surface area contributed by atoms with Gasteiger partial charge in [-0.05, 0) is 88.1 Å². The average Bonchev–Trinajstić information content (AvgIpc) is 3.06. The predicted molar refractivity (Wildman–Crippen MR) is 219 cm³/mol. The molecule has 46 heavy (non-hydrogen) atoms. The predicted octanol–water partition coefficient (Wildman–Crippen LogP) is 15.1. The van der Waals surface area contributed by atoms with Crippen molar-refractivity contribution in [2.24, 2.45) is 0 Å². The Morgan fingerprint density at radius 2 is 0.848 bits per heavy atom. The molecule has 0 saturated heterocycles. The number of unbranched alkanes of at least 4 members (excludes halogenated alkanes) is 10. The number of hydrogen-bond donors (Lipinski definition) is 1. The zero-order valence-electron chi connectivity index (χ0n) is 27.1. The number of phenols is 1. The van der Waals surface area contributed by atoms with Crippen LogP contribution in [0.25, 0.3) is 22.3 Å². The molecular weight excluding hydrogens is 811 g/mol. The van der Waals surface area contributed by atoms with Crippen molar-refractivity contribution in [3.8, 4) is 33.8 Å². The van der Waals surface area contributed by atoms with Gasteiger partial charge in [0.25, 0.3) is 0 Å². The van der Waals surface area contributed by atoms with E-state index in [4.69, 9.17) is 9.84 Å². The van der Waals surface area contributed by atoms with Crippen LogP contribution in [0.2, 0.25) is 0 Å². The van der Waals surface area contributed by atoms with Crippen LogP contribution < -0.4 is 4.74 Å². The molecule has 2 nitrogen and oxygen atoms in total. The lowest BCUT2D eigenvalue weighted by Crippen LogP contribution is -1.97. The SMILES string of the molecule is C.CCCCCCCCI.CCCCCCCCOc1ccc(-c2ccc(Br)cc2)cc1.Oc1ccc(-c2ccc(Br)cc2)cc1. The van der Waals surface area contributed by atoms with Crippen molar-refractivity contribution in [3.63, 3.8) is 0 Å². The summed E-state index contributed by atoms with van der Waals surface area (Å²) in [5.74, 6) is 1.26. The van der Waals surface area contributed by atoms with Crippen molar-refractivity contribution in [2.45, 2.75) is 98.3 Å². The molecule has 0 saturated carbocycles. The van der Waals surface area contributed by atoms with Gasteiger partial charge < -0.3 is 9.84 Å². The van der Waals surface area contributed by atoms with Gasteiger partial charge in [0, 0.05) is 8.95 Å². The molecule has 4 aromatic carbocycles. The van der Waals surface area contributed by atoms with E-state index < -0.39 is 0 Å². The second-order valence-electron chi connectivity index (χ2n) is 11.2. The van der Waals surface area contributed by atoms with Crippen molar-refractivity contribution < 1.29 is 9.84 Å². The summed E-state index contributed by atoms with van der Waals surface area (Å²) in [6.45, 7) is 5.34. The zero-order chi connectivity index (χ0) is 32.5. The Kier molecular flexibility index (Phi) is 24.9. The van der Waals surface area contributed by atoms with Gasteiger partial charge in [0.2, 0.25) is 0 Å². The largest absolute Gasteiger partial charge is 0.508 e. The molecule has 0 aliphatic carbocycles. The van der Waals surface area contributed by atoms with Crippen LogP contribution in [0.4, 0.5) is 0 Å². The van der Waals surface area contributed by atoms with E-state index in [1.165, 1.54) is 86.2 Å². The Labute approximate surface area is 311 Å². The maximum Gasteiger partial charge on any atom is 0.119 e. The lowest BCUT2D eigenvalue weighted by molar-refractivity contribution is 0.304. The summed E-state index contributed by atoms with van der Waals surface area (Å²) in [6.07, 6.45) is 16.4. The van der Waals surface area contributed by atoms with Gasteiger partial charge in [0.1, 0.15) is 11.5 Å². The highest BCUT2D eigenvalue weighted by Crippen LogP contribution is 2.25. The van der Waals surface area contributed by atoms with Crippen LogP contribution in [0.5, 0.6) is 11.5 Å². The molecule has 0 amide bonds. The van der Waals surface area contributed by atoms with Gasteiger partial charge in [0.15, 0.2) is 0 Å². The van der Waals surface area contributed by atoms with Crippen LogP contribution in [0.1, 0.15) is 98.3 Å². The van der Waals surface area contributed by atoms with E-state index in [1.807, 2.05) is 36.4 Å². The number of ether oxygens (including phenoxy) is 1. The normalized spacial score (nSPS) is 10.1. The van der Waals surface area contributed by atoms with Crippen molar-refractivity contribution >= 4 is 54.5 Å². The molecule has 0 radical (unpaired) electrons. The molecule has 0 spiro atoms. The molecule has 0 aliphatic heterocycles. The first-order valence-electron chi connectivity index (χ1n) is 16.6. The van der Waals surface area contributed by atoms with Crippen molar-refractivity contribution in [2.75, 3.05) is 11.0 Å². The summed E-state index contributed by atoms with van der Waals surface area (Å²) in [5, 5.41) is 9.14. The van der Waals surface area contributed by atoms with Crippen molar-refractivity contribution in [1.82, 2.24) is 0 Å². The standard InChI is InChI=1S/C20H25BrO.C12H9BrO.C8H17I.CH4/c1-2-3-4-5-6-7-16-22-20-14-10-18(11-15-20)17-8-12-19(21)13-9-17;13-11-5-1-9(2-6-11)10-3-7-12(14)8-4-10;1-2-3-4-5-6-7-8-9;/h8-15H,2-7,16H2,1H3;1-8,14H;2-8H2,1H3;1H4. The highest BCUT2D eigenvalue weighted by atomic mass is 127. The molecule has 4 rings (SSSR count). The Balaban J connectivity index is 0.000000378. The van der Waals surface area contributed by atoms with E-state index in [1.54, 1.807) is 12.1 Å². The molecule has 0 bridgehead atoms. The van der Waals surface area contributed by atoms with Gasteiger partial charge in [-0.25, -0.2) is 0 Å². The topological polar surface area (TPSA) is 29.5 Å². The Morgan fingerprint density at radius 1 is 0.500 bits per heavy atom. The first kappa shape index (κ1) is 42.2. The number of aromatic hydroxyl groups is 1. The van der Waals surface area contributed by atoms with Gasteiger partial charge >= 0.3 is 0 Å². The smallest absolute Gasteiger partial charge is 0.119 e. The molecule has 1 N–H and O–H groups in total. The molecule has 5 heteroatoms. The van der Waals surface area contributed by atoms with E-state index in [-0.39, 0.29) is 7.43 Å². The van der Waals surface area contributed by atoms with Crippen LogP contribution in [0.3, 0.4) is 0 Å². The average molecular weight is 867 g/mol. The summed E-state index contributed by atoms with van der Waals surface area (Å²) >= 11 is 9.30. The minimum Gasteiger partial charge on any atom is -0.508 e. The van der Waals surface area contributed by atoms with Crippen molar-refractivity contribution in [3.05, 3.63) is 106 Å². The van der Waals surface area contributed by atoms with Crippen LogP contribution in [0.15, 0.2) is 106 Å². The highest BCUT2D eigenvalue weighted by molar-refractivity contribution is 14.1. The zero-order valence-corrected chi connectivity index (χ0v) is 32.5. The minimum atomic E-state index is 0. The van der Waals surface area contributed by atoms with Crippen LogP contribution in [0, 0.1) is 0 Å². The molecule has 0 heterocycles. The summed E-state index contributed by atoms with van der Waals surface area (Å²) in [5.41, 5.74) is 4.70. The minimum absolute atomic E-state index is 0. The molecule has 0 aromatic heterocycles. The number of phenolic OH excluding ortho intramolecular Hbond substituents is 1. The third-order valence-electron chi connectivity index (χ3n) is 7.33. The second-order valence-corrected chi connectivity index (χ2v) is 14.1. The summed E-state index contributed by atoms with van der Waals surface area (Å²) in [4.78, 5) is 0. The van der Waals surface area contributed by atoms with Gasteiger partial charge in [-0.1, -0.05) is 188 Å². The Bertz CT molecular complexity index is 1210. The molecule has 0 atom stereocenters. The molecule has 0 aliphatic rings. The Hall–Kier alpha value is -1.83.